The van der Waals surface area contributed by atoms with E-state index in [1.54, 1.807) is 6.07 Å². The van der Waals surface area contributed by atoms with Crippen molar-refractivity contribution in [1.82, 2.24) is 5.16 Å². The van der Waals surface area contributed by atoms with Crippen LogP contribution in [0.15, 0.2) is 10.6 Å². The lowest BCUT2D eigenvalue weighted by Crippen LogP contribution is -1.88. The summed E-state index contributed by atoms with van der Waals surface area (Å²) < 4.78 is 4.45. The van der Waals surface area contributed by atoms with Crippen molar-refractivity contribution in [2.45, 2.75) is 12.8 Å². The zero-order valence-corrected chi connectivity index (χ0v) is 5.00. The van der Waals surface area contributed by atoms with Gasteiger partial charge in [0.15, 0.2) is 0 Å². The van der Waals surface area contributed by atoms with Crippen LogP contribution in [0.25, 0.3) is 0 Å². The summed E-state index contributed by atoms with van der Waals surface area (Å²) in [7, 11) is 0. The van der Waals surface area contributed by atoms with Crippen molar-refractivity contribution >= 4 is 0 Å². The first kappa shape index (κ1) is 6.29. The van der Waals surface area contributed by atoms with Crippen molar-refractivity contribution in [3.8, 4) is 0 Å². The van der Waals surface area contributed by atoms with Crippen LogP contribution in [0.5, 0.6) is 0 Å². The van der Waals surface area contributed by atoms with Crippen LogP contribution >= 0.6 is 0 Å². The molecule has 0 spiro atoms. The molecule has 0 aromatic carbocycles. The second kappa shape index (κ2) is 3.25. The Hall–Kier alpha value is -0.830. The molecule has 1 N–H and O–H groups in total. The number of aryl methyl sites for hydroxylation is 1. The lowest BCUT2D eigenvalue weighted by atomic mass is 10.2. The molecular weight excluding hydrogens is 118 g/mol. The fourth-order valence-electron chi connectivity index (χ4n) is 0.584. The highest BCUT2D eigenvalue weighted by Crippen LogP contribution is 1.96. The standard InChI is InChI=1S/C6H8NO2/c8-4-1-2-6-3-5-9-7-6/h3,8H,1-2,4H2. The van der Waals surface area contributed by atoms with Gasteiger partial charge in [0.2, 0.25) is 6.26 Å². The summed E-state index contributed by atoms with van der Waals surface area (Å²) >= 11 is 0. The minimum atomic E-state index is 0.201. The Morgan fingerprint density at radius 3 is 3.22 bits per heavy atom. The molecule has 0 atom stereocenters. The highest BCUT2D eigenvalue weighted by atomic mass is 16.5. The Bertz CT molecular complexity index is 148. The lowest BCUT2D eigenvalue weighted by molar-refractivity contribution is 0.287. The highest BCUT2D eigenvalue weighted by molar-refractivity contribution is 4.93. The lowest BCUT2D eigenvalue weighted by Gasteiger charge is -1.87. The molecule has 0 unspecified atom stereocenters. The van der Waals surface area contributed by atoms with Crippen LogP contribution in [0.2, 0.25) is 0 Å². The van der Waals surface area contributed by atoms with E-state index in [2.05, 4.69) is 15.9 Å². The molecule has 1 radical (unpaired) electrons. The zero-order valence-electron chi connectivity index (χ0n) is 5.00. The second-order valence-electron chi connectivity index (χ2n) is 1.76. The maximum absolute atomic E-state index is 8.40. The molecule has 1 heterocycles. The van der Waals surface area contributed by atoms with Gasteiger partial charge < -0.3 is 9.63 Å². The number of hydrogen-bond donors (Lipinski definition) is 1. The second-order valence-corrected chi connectivity index (χ2v) is 1.76. The third kappa shape index (κ3) is 1.85. The van der Waals surface area contributed by atoms with Crippen molar-refractivity contribution in [2.24, 2.45) is 0 Å². The maximum atomic E-state index is 8.40. The van der Waals surface area contributed by atoms with Crippen LogP contribution in [0, 0.1) is 6.26 Å². The van der Waals surface area contributed by atoms with Crippen molar-refractivity contribution in [2.75, 3.05) is 6.61 Å². The Labute approximate surface area is 53.3 Å². The number of aromatic nitrogens is 1. The molecule has 1 aromatic rings. The van der Waals surface area contributed by atoms with E-state index in [9.17, 15) is 0 Å². The van der Waals surface area contributed by atoms with E-state index in [-0.39, 0.29) is 6.61 Å². The minimum absolute atomic E-state index is 0.201. The quantitative estimate of drug-likeness (QED) is 0.637. The van der Waals surface area contributed by atoms with Gasteiger partial charge in [-0.15, -0.1) is 0 Å². The van der Waals surface area contributed by atoms with Crippen LogP contribution in [0.1, 0.15) is 12.1 Å². The molecule has 1 rings (SSSR count). The predicted octanol–water partition coefficient (Wildman–Crippen LogP) is 0.400. The first-order valence-electron chi connectivity index (χ1n) is 2.86. The van der Waals surface area contributed by atoms with Crippen LogP contribution in [-0.2, 0) is 6.42 Å². The summed E-state index contributed by atoms with van der Waals surface area (Å²) in [6.45, 7) is 0.201. The van der Waals surface area contributed by atoms with E-state index in [4.69, 9.17) is 5.11 Å². The zero-order chi connectivity index (χ0) is 6.53. The fraction of sp³-hybridized carbons (Fsp3) is 0.500. The average Bonchev–Trinajstić information content (AvgIpc) is 2.34. The molecule has 3 heteroatoms. The number of aliphatic hydroxyl groups excluding tert-OH is 1. The summed E-state index contributed by atoms with van der Waals surface area (Å²) in [5, 5.41) is 12.0. The Morgan fingerprint density at radius 2 is 2.67 bits per heavy atom. The van der Waals surface area contributed by atoms with Crippen molar-refractivity contribution in [3.63, 3.8) is 0 Å². The minimum Gasteiger partial charge on any atom is -0.396 e. The summed E-state index contributed by atoms with van der Waals surface area (Å²) in [6, 6.07) is 1.68. The Kier molecular flexibility index (Phi) is 2.27. The van der Waals surface area contributed by atoms with Crippen LogP contribution in [0.3, 0.4) is 0 Å². The number of aliphatic hydroxyl groups is 1. The number of rotatable bonds is 3. The van der Waals surface area contributed by atoms with Crippen LogP contribution < -0.4 is 0 Å². The van der Waals surface area contributed by atoms with Gasteiger partial charge in [-0.3, -0.25) is 0 Å². The number of nitrogens with zero attached hydrogens (tertiary/aromatic N) is 1. The van der Waals surface area contributed by atoms with Crippen molar-refractivity contribution in [1.29, 1.82) is 0 Å². The topological polar surface area (TPSA) is 46.3 Å². The Balaban J connectivity index is 2.30. The van der Waals surface area contributed by atoms with Gasteiger partial charge in [0.25, 0.3) is 0 Å². The molecule has 3 nitrogen and oxygen atoms in total. The first-order valence-corrected chi connectivity index (χ1v) is 2.86. The normalized spacial score (nSPS) is 9.89. The van der Waals surface area contributed by atoms with Crippen LogP contribution in [0.4, 0.5) is 0 Å². The molecular formula is C6H8NO2. The average molecular weight is 126 g/mol. The number of hydrogen-bond acceptors (Lipinski definition) is 3. The summed E-state index contributed by atoms with van der Waals surface area (Å²) in [4.78, 5) is 0. The van der Waals surface area contributed by atoms with E-state index in [0.717, 1.165) is 18.5 Å². The molecule has 0 amide bonds. The third-order valence-corrected chi connectivity index (χ3v) is 1.03. The van der Waals surface area contributed by atoms with Gasteiger partial charge in [-0.25, -0.2) is 0 Å². The molecule has 0 aliphatic carbocycles. The molecule has 0 bridgehead atoms. The van der Waals surface area contributed by atoms with E-state index in [1.165, 1.54) is 0 Å². The smallest absolute Gasteiger partial charge is 0.205 e. The molecule has 0 aliphatic heterocycles. The van der Waals surface area contributed by atoms with E-state index in [0.29, 0.717) is 0 Å². The van der Waals surface area contributed by atoms with E-state index in [1.807, 2.05) is 0 Å². The maximum Gasteiger partial charge on any atom is 0.205 e. The molecule has 0 fully saturated rings. The van der Waals surface area contributed by atoms with Crippen molar-refractivity contribution < 1.29 is 9.63 Å². The van der Waals surface area contributed by atoms with Crippen molar-refractivity contribution in [3.05, 3.63) is 18.0 Å². The summed E-state index contributed by atoms with van der Waals surface area (Å²) in [5.74, 6) is 0. The first-order chi connectivity index (χ1) is 4.43. The van der Waals surface area contributed by atoms with Gasteiger partial charge in [0.1, 0.15) is 0 Å². The van der Waals surface area contributed by atoms with Gasteiger partial charge in [-0.2, -0.15) is 0 Å². The third-order valence-electron chi connectivity index (χ3n) is 1.03. The predicted molar refractivity (Wildman–Crippen MR) is 30.7 cm³/mol. The van der Waals surface area contributed by atoms with E-state index < -0.39 is 0 Å². The molecule has 9 heavy (non-hydrogen) atoms. The largest absolute Gasteiger partial charge is 0.396 e. The molecule has 1 aromatic heterocycles. The summed E-state index contributed by atoms with van der Waals surface area (Å²) in [6.07, 6.45) is 3.97. The van der Waals surface area contributed by atoms with Gasteiger partial charge in [0.05, 0.1) is 5.69 Å². The molecule has 49 valence electrons. The highest BCUT2D eigenvalue weighted by Gasteiger charge is 1.93. The van der Waals surface area contributed by atoms with Gasteiger partial charge >= 0.3 is 0 Å². The van der Waals surface area contributed by atoms with E-state index >= 15 is 0 Å². The SMILES string of the molecule is OCCCc1c[c]on1. The van der Waals surface area contributed by atoms with Gasteiger partial charge in [0, 0.05) is 12.7 Å². The molecule has 0 saturated carbocycles. The molecule has 0 aliphatic rings. The Morgan fingerprint density at radius 1 is 1.78 bits per heavy atom. The van der Waals surface area contributed by atoms with Gasteiger partial charge in [-0.1, -0.05) is 5.16 Å². The summed E-state index contributed by atoms with van der Waals surface area (Å²) in [5.41, 5.74) is 0.851. The monoisotopic (exact) mass is 126 g/mol. The fourth-order valence-corrected chi connectivity index (χ4v) is 0.584. The van der Waals surface area contributed by atoms with Crippen LogP contribution in [-0.4, -0.2) is 16.9 Å². The molecule has 0 saturated heterocycles. The van der Waals surface area contributed by atoms with Gasteiger partial charge in [-0.05, 0) is 12.8 Å².